The molecule has 0 radical (unpaired) electrons. The summed E-state index contributed by atoms with van der Waals surface area (Å²) in [6, 6.07) is 16.4. The van der Waals surface area contributed by atoms with Crippen LogP contribution >= 0.6 is 0 Å². The lowest BCUT2D eigenvalue weighted by atomic mass is 9.89. The van der Waals surface area contributed by atoms with Crippen LogP contribution in [0.5, 0.6) is 5.75 Å². The van der Waals surface area contributed by atoms with E-state index >= 15 is 0 Å². The Kier molecular flexibility index (Phi) is 6.51. The van der Waals surface area contributed by atoms with Gasteiger partial charge in [0.1, 0.15) is 12.4 Å². The molecule has 5 heteroatoms. The van der Waals surface area contributed by atoms with Crippen molar-refractivity contribution in [1.29, 1.82) is 0 Å². The molecule has 0 N–H and O–H groups in total. The molecule has 4 rings (SSSR count). The monoisotopic (exact) mass is 416 g/mol. The minimum absolute atomic E-state index is 0.321. The molecule has 0 saturated heterocycles. The summed E-state index contributed by atoms with van der Waals surface area (Å²) < 4.78 is 13.0. The topological polar surface area (TPSA) is 53.4 Å². The molecule has 0 unspecified atom stereocenters. The van der Waals surface area contributed by atoms with Gasteiger partial charge in [0, 0.05) is 7.05 Å². The molecular formula is C26H28N2O3. The van der Waals surface area contributed by atoms with E-state index in [4.69, 9.17) is 9.47 Å². The Balaban J connectivity index is 1.58. The Morgan fingerprint density at radius 3 is 2.71 bits per heavy atom. The summed E-state index contributed by atoms with van der Waals surface area (Å²) in [7, 11) is 1.82. The fourth-order valence-electron chi connectivity index (χ4n) is 3.94. The van der Waals surface area contributed by atoms with E-state index in [1.54, 1.807) is 17.7 Å². The van der Waals surface area contributed by atoms with Crippen LogP contribution in [0.3, 0.4) is 0 Å². The van der Waals surface area contributed by atoms with Crippen LogP contribution in [0, 0.1) is 0 Å². The number of carbonyl (C=O) groups excluding carboxylic acids is 1. The first-order valence-corrected chi connectivity index (χ1v) is 10.9. The lowest BCUT2D eigenvalue weighted by Gasteiger charge is -2.21. The van der Waals surface area contributed by atoms with Crippen LogP contribution in [0.15, 0.2) is 48.5 Å². The number of nitrogens with zero attached hydrogens (tertiary/aromatic N) is 2. The van der Waals surface area contributed by atoms with Crippen molar-refractivity contribution in [2.75, 3.05) is 6.61 Å². The highest BCUT2D eigenvalue weighted by molar-refractivity contribution is 5.88. The van der Waals surface area contributed by atoms with Gasteiger partial charge in [-0.15, -0.1) is 0 Å². The Morgan fingerprint density at radius 2 is 1.90 bits per heavy atom. The van der Waals surface area contributed by atoms with E-state index in [1.165, 1.54) is 24.0 Å². The average Bonchev–Trinajstić information content (AvgIpc) is 3.17. The highest BCUT2D eigenvalue weighted by Gasteiger charge is 2.16. The number of ether oxygens (including phenoxy) is 2. The molecule has 5 nitrogen and oxygen atoms in total. The fourth-order valence-corrected chi connectivity index (χ4v) is 3.94. The summed E-state index contributed by atoms with van der Waals surface area (Å²) in [6.07, 6.45) is 8.58. The van der Waals surface area contributed by atoms with Crippen LogP contribution in [0.2, 0.25) is 0 Å². The maximum atomic E-state index is 11.9. The lowest BCUT2D eigenvalue weighted by Crippen LogP contribution is -2.07. The largest absolute Gasteiger partial charge is 0.489 e. The van der Waals surface area contributed by atoms with Gasteiger partial charge in [-0.3, -0.25) is 4.68 Å². The highest BCUT2D eigenvalue weighted by atomic mass is 16.5. The number of aryl methyl sites for hydroxylation is 2. The van der Waals surface area contributed by atoms with E-state index in [1.807, 2.05) is 31.3 Å². The van der Waals surface area contributed by atoms with Crippen molar-refractivity contribution >= 4 is 18.1 Å². The molecule has 1 aliphatic carbocycles. The summed E-state index contributed by atoms with van der Waals surface area (Å²) in [4.78, 5) is 11.9. The summed E-state index contributed by atoms with van der Waals surface area (Å²) in [5.41, 5.74) is 6.11. The third-order valence-electron chi connectivity index (χ3n) is 5.53. The summed E-state index contributed by atoms with van der Waals surface area (Å²) in [5, 5.41) is 4.26. The lowest BCUT2D eigenvalue weighted by molar-refractivity contribution is 0.0518. The van der Waals surface area contributed by atoms with Crippen molar-refractivity contribution in [3.8, 4) is 5.75 Å². The molecular weight excluding hydrogens is 388 g/mol. The van der Waals surface area contributed by atoms with Crippen molar-refractivity contribution < 1.29 is 14.3 Å². The van der Waals surface area contributed by atoms with Crippen LogP contribution in [0.1, 0.15) is 58.2 Å². The molecule has 0 atom stereocenters. The van der Waals surface area contributed by atoms with Crippen molar-refractivity contribution in [2.24, 2.45) is 7.05 Å². The number of hydrogen-bond acceptors (Lipinski definition) is 4. The Bertz CT molecular complexity index is 1080. The maximum Gasteiger partial charge on any atom is 0.358 e. The first kappa shape index (κ1) is 20.9. The van der Waals surface area contributed by atoms with Gasteiger partial charge in [-0.2, -0.15) is 5.10 Å². The summed E-state index contributed by atoms with van der Waals surface area (Å²) in [6.45, 7) is 2.68. The van der Waals surface area contributed by atoms with Gasteiger partial charge in [0.15, 0.2) is 5.69 Å². The molecule has 3 aromatic rings. The van der Waals surface area contributed by atoms with Crippen molar-refractivity contribution in [3.05, 3.63) is 82.2 Å². The third-order valence-corrected chi connectivity index (χ3v) is 5.53. The number of fused-ring (bicyclic) bond motifs is 1. The first-order valence-electron chi connectivity index (χ1n) is 10.9. The van der Waals surface area contributed by atoms with E-state index < -0.39 is 5.97 Å². The van der Waals surface area contributed by atoms with Gasteiger partial charge in [-0.05, 0) is 73.1 Å². The zero-order valence-electron chi connectivity index (χ0n) is 18.1. The Morgan fingerprint density at radius 1 is 1.10 bits per heavy atom. The second kappa shape index (κ2) is 9.65. The smallest absolute Gasteiger partial charge is 0.358 e. The minimum Gasteiger partial charge on any atom is -0.489 e. The maximum absolute atomic E-state index is 11.9. The normalized spacial score (nSPS) is 13.2. The first-order chi connectivity index (χ1) is 15.1. The average molecular weight is 417 g/mol. The molecule has 0 amide bonds. The number of carbonyl (C=O) groups is 1. The van der Waals surface area contributed by atoms with Crippen LogP contribution in [-0.4, -0.2) is 22.4 Å². The van der Waals surface area contributed by atoms with Crippen LogP contribution in [-0.2, 0) is 31.2 Å². The van der Waals surface area contributed by atoms with Gasteiger partial charge < -0.3 is 9.47 Å². The van der Waals surface area contributed by atoms with Gasteiger partial charge >= 0.3 is 5.97 Å². The number of esters is 1. The molecule has 0 saturated carbocycles. The zero-order chi connectivity index (χ0) is 21.6. The Labute approximate surface area is 183 Å². The predicted octanol–water partition coefficient (Wildman–Crippen LogP) is 5.23. The fraction of sp³-hybridized carbons (Fsp3) is 0.308. The van der Waals surface area contributed by atoms with Crippen molar-refractivity contribution in [1.82, 2.24) is 9.78 Å². The molecule has 31 heavy (non-hydrogen) atoms. The molecule has 160 valence electrons. The van der Waals surface area contributed by atoms with Gasteiger partial charge in [0.05, 0.1) is 12.3 Å². The molecule has 0 spiro atoms. The molecule has 0 aliphatic heterocycles. The standard InChI is InChI=1S/C26H28N2O3/c1-3-30-26(29)24-17-22(28(2)27-24)14-13-20-15-21-11-7-8-12-23(21)25(16-20)31-18-19-9-5-4-6-10-19/h4-6,9-10,13-17H,3,7-8,11-12,18H2,1-2H3. The minimum atomic E-state index is -0.400. The van der Waals surface area contributed by atoms with Crippen LogP contribution in [0.4, 0.5) is 0 Å². The van der Waals surface area contributed by atoms with Crippen molar-refractivity contribution in [3.63, 3.8) is 0 Å². The van der Waals surface area contributed by atoms with Crippen molar-refractivity contribution in [2.45, 2.75) is 39.2 Å². The molecule has 2 aromatic carbocycles. The Hall–Kier alpha value is -3.34. The third kappa shape index (κ3) is 5.05. The van der Waals surface area contributed by atoms with E-state index in [9.17, 15) is 4.79 Å². The zero-order valence-corrected chi connectivity index (χ0v) is 18.1. The van der Waals surface area contributed by atoms with E-state index in [-0.39, 0.29) is 0 Å². The summed E-state index contributed by atoms with van der Waals surface area (Å²) >= 11 is 0. The second-order valence-corrected chi connectivity index (χ2v) is 7.77. The highest BCUT2D eigenvalue weighted by Crippen LogP contribution is 2.32. The van der Waals surface area contributed by atoms with E-state index in [0.717, 1.165) is 35.4 Å². The number of aromatic nitrogens is 2. The van der Waals surface area contributed by atoms with Gasteiger partial charge in [-0.25, -0.2) is 4.79 Å². The number of benzene rings is 2. The molecule has 1 aliphatic rings. The van der Waals surface area contributed by atoms with Gasteiger partial charge in [0.2, 0.25) is 0 Å². The molecule has 1 aromatic heterocycles. The van der Waals surface area contributed by atoms with Gasteiger partial charge in [-0.1, -0.05) is 42.5 Å². The molecule has 0 fully saturated rings. The quantitative estimate of drug-likeness (QED) is 0.495. The number of hydrogen-bond donors (Lipinski definition) is 0. The SMILES string of the molecule is CCOC(=O)c1cc(C=Cc2cc3c(c(OCc4ccccc4)c2)CCCC3)n(C)n1. The van der Waals surface area contributed by atoms with Crippen LogP contribution in [0.25, 0.3) is 12.2 Å². The molecule has 0 bridgehead atoms. The van der Waals surface area contributed by atoms with E-state index in [0.29, 0.717) is 18.9 Å². The summed E-state index contributed by atoms with van der Waals surface area (Å²) in [5.74, 6) is 0.570. The molecule has 1 heterocycles. The predicted molar refractivity (Wildman–Crippen MR) is 122 cm³/mol. The van der Waals surface area contributed by atoms with Gasteiger partial charge in [0.25, 0.3) is 0 Å². The second-order valence-electron chi connectivity index (χ2n) is 7.77. The number of rotatable bonds is 7. The van der Waals surface area contributed by atoms with Crippen LogP contribution < -0.4 is 4.74 Å². The van der Waals surface area contributed by atoms with E-state index in [2.05, 4.69) is 35.4 Å².